The van der Waals surface area contributed by atoms with Gasteiger partial charge in [0.1, 0.15) is 11.8 Å². The zero-order valence-corrected chi connectivity index (χ0v) is 9.16. The highest BCUT2D eigenvalue weighted by atomic mass is 35.5. The fraction of sp³-hybridized carbons (Fsp3) is 0.300. The molecule has 1 atom stereocenters. The lowest BCUT2D eigenvalue weighted by Crippen LogP contribution is -2.20. The molecule has 4 nitrogen and oxygen atoms in total. The van der Waals surface area contributed by atoms with Gasteiger partial charge >= 0.3 is 5.97 Å². The Bertz CT molecular complexity index is 313. The Morgan fingerprint density at radius 2 is 2.00 bits per heavy atom. The third kappa shape index (κ3) is 3.77. The lowest BCUT2D eigenvalue weighted by Gasteiger charge is -2.07. The topological polar surface area (TPSA) is 72.5 Å². The molecule has 0 heterocycles. The number of hydrogen-bond donors (Lipinski definition) is 2. The van der Waals surface area contributed by atoms with Gasteiger partial charge in [-0.3, -0.25) is 4.79 Å². The number of hydrogen-bond acceptors (Lipinski definition) is 3. The summed E-state index contributed by atoms with van der Waals surface area (Å²) in [7, 11) is 0. The van der Waals surface area contributed by atoms with E-state index < -0.39 is 12.0 Å². The van der Waals surface area contributed by atoms with Crippen LogP contribution in [0.3, 0.4) is 0 Å². The van der Waals surface area contributed by atoms with Gasteiger partial charge in [0, 0.05) is 0 Å². The Morgan fingerprint density at radius 1 is 1.47 bits per heavy atom. The summed E-state index contributed by atoms with van der Waals surface area (Å²) >= 11 is 0. The van der Waals surface area contributed by atoms with Crippen molar-refractivity contribution in [3.05, 3.63) is 29.8 Å². The molecule has 0 fully saturated rings. The molecule has 0 aliphatic heterocycles. The van der Waals surface area contributed by atoms with Crippen molar-refractivity contribution in [1.29, 1.82) is 0 Å². The van der Waals surface area contributed by atoms with Crippen LogP contribution in [-0.4, -0.2) is 17.7 Å². The van der Waals surface area contributed by atoms with Crippen LogP contribution in [0.4, 0.5) is 0 Å². The zero-order chi connectivity index (χ0) is 10.6. The van der Waals surface area contributed by atoms with E-state index in [1.165, 1.54) is 0 Å². The van der Waals surface area contributed by atoms with Gasteiger partial charge in [-0.1, -0.05) is 12.1 Å². The Balaban J connectivity index is 0.00000196. The third-order valence-electron chi connectivity index (χ3n) is 1.82. The number of ether oxygens (including phenoxy) is 1. The van der Waals surface area contributed by atoms with Gasteiger partial charge in [-0.05, 0) is 24.6 Å². The summed E-state index contributed by atoms with van der Waals surface area (Å²) in [4.78, 5) is 10.6. The molecular formula is C10H14ClNO3. The Morgan fingerprint density at radius 3 is 2.40 bits per heavy atom. The molecule has 84 valence electrons. The first-order valence-electron chi connectivity index (χ1n) is 4.36. The highest BCUT2D eigenvalue weighted by Crippen LogP contribution is 2.16. The summed E-state index contributed by atoms with van der Waals surface area (Å²) in [6.45, 7) is 2.47. The van der Waals surface area contributed by atoms with Crippen LogP contribution >= 0.6 is 12.4 Å². The predicted octanol–water partition coefficient (Wildman–Crippen LogP) is 1.59. The Hall–Kier alpha value is -1.26. The number of carboxylic acids is 1. The fourth-order valence-corrected chi connectivity index (χ4v) is 1.08. The SMILES string of the molecule is CCOc1ccc([C@H](N)C(=O)O)cc1.Cl. The highest BCUT2D eigenvalue weighted by molar-refractivity contribution is 5.85. The van der Waals surface area contributed by atoms with Gasteiger partial charge in [0.25, 0.3) is 0 Å². The van der Waals surface area contributed by atoms with E-state index in [0.29, 0.717) is 17.9 Å². The molecule has 1 aromatic rings. The molecule has 0 unspecified atom stereocenters. The van der Waals surface area contributed by atoms with E-state index in [4.69, 9.17) is 15.6 Å². The van der Waals surface area contributed by atoms with Gasteiger partial charge in [-0.15, -0.1) is 12.4 Å². The second-order valence-electron chi connectivity index (χ2n) is 2.82. The number of aliphatic carboxylic acids is 1. The second kappa shape index (κ2) is 6.27. The first-order valence-corrected chi connectivity index (χ1v) is 4.36. The van der Waals surface area contributed by atoms with E-state index in [1.807, 2.05) is 6.92 Å². The van der Waals surface area contributed by atoms with Crippen molar-refractivity contribution in [3.8, 4) is 5.75 Å². The maximum atomic E-state index is 10.6. The van der Waals surface area contributed by atoms with E-state index in [0.717, 1.165) is 0 Å². The molecule has 15 heavy (non-hydrogen) atoms. The molecule has 0 amide bonds. The molecule has 0 aromatic heterocycles. The smallest absolute Gasteiger partial charge is 0.325 e. The lowest BCUT2D eigenvalue weighted by atomic mass is 10.1. The van der Waals surface area contributed by atoms with Crippen molar-refractivity contribution in [3.63, 3.8) is 0 Å². The van der Waals surface area contributed by atoms with E-state index in [-0.39, 0.29) is 12.4 Å². The Kier molecular flexibility index (Phi) is 5.74. The van der Waals surface area contributed by atoms with E-state index in [9.17, 15) is 4.79 Å². The van der Waals surface area contributed by atoms with Crippen LogP contribution in [0.15, 0.2) is 24.3 Å². The fourth-order valence-electron chi connectivity index (χ4n) is 1.08. The van der Waals surface area contributed by atoms with Crippen LogP contribution < -0.4 is 10.5 Å². The average Bonchev–Trinajstić information content (AvgIpc) is 2.18. The van der Waals surface area contributed by atoms with Crippen molar-refractivity contribution < 1.29 is 14.6 Å². The van der Waals surface area contributed by atoms with Gasteiger partial charge in [0.05, 0.1) is 6.61 Å². The van der Waals surface area contributed by atoms with Crippen molar-refractivity contribution in [1.82, 2.24) is 0 Å². The summed E-state index contributed by atoms with van der Waals surface area (Å²) < 4.78 is 5.21. The highest BCUT2D eigenvalue weighted by Gasteiger charge is 2.13. The summed E-state index contributed by atoms with van der Waals surface area (Å²) in [5.74, 6) is -0.317. The summed E-state index contributed by atoms with van der Waals surface area (Å²) in [6, 6.07) is 5.77. The molecule has 0 aliphatic carbocycles. The molecule has 3 N–H and O–H groups in total. The summed E-state index contributed by atoms with van der Waals surface area (Å²) in [6.07, 6.45) is 0. The molecule has 1 rings (SSSR count). The molecule has 0 spiro atoms. The molecular weight excluding hydrogens is 218 g/mol. The molecule has 5 heteroatoms. The number of nitrogens with two attached hydrogens (primary N) is 1. The maximum Gasteiger partial charge on any atom is 0.325 e. The molecule has 0 saturated heterocycles. The van der Waals surface area contributed by atoms with E-state index in [2.05, 4.69) is 0 Å². The standard InChI is InChI=1S/C10H13NO3.ClH/c1-2-14-8-5-3-7(4-6-8)9(11)10(12)13;/h3-6,9H,2,11H2,1H3,(H,12,13);1H/t9-;/m0./s1. The minimum atomic E-state index is -1.03. The summed E-state index contributed by atoms with van der Waals surface area (Å²) in [5, 5.41) is 8.65. The largest absolute Gasteiger partial charge is 0.494 e. The average molecular weight is 232 g/mol. The number of carboxylic acid groups (broad SMARTS) is 1. The normalized spacial score (nSPS) is 11.3. The van der Waals surface area contributed by atoms with Gasteiger partial charge < -0.3 is 15.6 Å². The van der Waals surface area contributed by atoms with Gasteiger partial charge in [0.2, 0.25) is 0 Å². The maximum absolute atomic E-state index is 10.6. The van der Waals surface area contributed by atoms with Crippen LogP contribution in [-0.2, 0) is 4.79 Å². The number of benzene rings is 1. The first kappa shape index (κ1) is 13.7. The molecule has 0 radical (unpaired) electrons. The number of carbonyl (C=O) groups is 1. The monoisotopic (exact) mass is 231 g/mol. The number of halogens is 1. The third-order valence-corrected chi connectivity index (χ3v) is 1.82. The van der Waals surface area contributed by atoms with Gasteiger partial charge in [0.15, 0.2) is 0 Å². The molecule has 0 saturated carbocycles. The van der Waals surface area contributed by atoms with Crippen molar-refractivity contribution in [2.75, 3.05) is 6.61 Å². The predicted molar refractivity (Wildman–Crippen MR) is 59.4 cm³/mol. The molecule has 0 bridgehead atoms. The zero-order valence-electron chi connectivity index (χ0n) is 8.34. The molecule has 1 aromatic carbocycles. The second-order valence-corrected chi connectivity index (χ2v) is 2.82. The van der Waals surface area contributed by atoms with Gasteiger partial charge in [-0.2, -0.15) is 0 Å². The number of rotatable bonds is 4. The van der Waals surface area contributed by atoms with E-state index >= 15 is 0 Å². The van der Waals surface area contributed by atoms with Crippen LogP contribution in [0.5, 0.6) is 5.75 Å². The Labute approximate surface area is 94.5 Å². The summed E-state index contributed by atoms with van der Waals surface area (Å²) in [5.41, 5.74) is 5.99. The minimum absolute atomic E-state index is 0. The van der Waals surface area contributed by atoms with Crippen LogP contribution in [0.2, 0.25) is 0 Å². The van der Waals surface area contributed by atoms with E-state index in [1.54, 1.807) is 24.3 Å². The van der Waals surface area contributed by atoms with Crippen molar-refractivity contribution >= 4 is 18.4 Å². The van der Waals surface area contributed by atoms with Gasteiger partial charge in [-0.25, -0.2) is 0 Å². The van der Waals surface area contributed by atoms with Crippen LogP contribution in [0.25, 0.3) is 0 Å². The molecule has 0 aliphatic rings. The first-order chi connectivity index (χ1) is 6.65. The van der Waals surface area contributed by atoms with Crippen LogP contribution in [0, 0.1) is 0 Å². The van der Waals surface area contributed by atoms with Crippen molar-refractivity contribution in [2.45, 2.75) is 13.0 Å². The minimum Gasteiger partial charge on any atom is -0.494 e. The lowest BCUT2D eigenvalue weighted by molar-refractivity contribution is -0.138. The van der Waals surface area contributed by atoms with Crippen molar-refractivity contribution in [2.24, 2.45) is 5.73 Å². The van der Waals surface area contributed by atoms with Crippen LogP contribution in [0.1, 0.15) is 18.5 Å². The quantitative estimate of drug-likeness (QED) is 0.826.